The van der Waals surface area contributed by atoms with Gasteiger partial charge in [-0.3, -0.25) is 0 Å². The van der Waals surface area contributed by atoms with Gasteiger partial charge in [0.25, 0.3) is 0 Å². The van der Waals surface area contributed by atoms with E-state index in [1.165, 1.54) is 10.4 Å². The summed E-state index contributed by atoms with van der Waals surface area (Å²) in [5.74, 6) is -0.265. The van der Waals surface area contributed by atoms with Crippen molar-refractivity contribution in [2.45, 2.75) is 37.5 Å². The molecule has 22 heavy (non-hydrogen) atoms. The zero-order valence-electron chi connectivity index (χ0n) is 12.0. The van der Waals surface area contributed by atoms with Gasteiger partial charge in [-0.15, -0.1) is 0 Å². The molecule has 2 unspecified atom stereocenters. The van der Waals surface area contributed by atoms with E-state index < -0.39 is 16.6 Å². The van der Waals surface area contributed by atoms with Crippen LogP contribution < -0.4 is 4.74 Å². The van der Waals surface area contributed by atoms with E-state index in [9.17, 15) is 17.2 Å². The maximum Gasteiger partial charge on any atom is 0.387 e. The second kappa shape index (κ2) is 6.66. The lowest BCUT2D eigenvalue weighted by atomic mass is 10.2. The van der Waals surface area contributed by atoms with Crippen LogP contribution in [0.3, 0.4) is 0 Å². The van der Waals surface area contributed by atoms with Crippen molar-refractivity contribution in [1.29, 1.82) is 0 Å². The van der Waals surface area contributed by atoms with E-state index in [2.05, 4.69) is 4.74 Å². The standard InChI is InChI=1S/C13H16ClF2NO4S/c1-8-7-20-9(2)6-17(8)22(18,19)10-3-4-12(11(14)5-10)21-13(15)16/h3-5,8-9,13H,6-7H2,1-2H3. The smallest absolute Gasteiger partial charge is 0.387 e. The van der Waals surface area contributed by atoms with Gasteiger partial charge in [-0.2, -0.15) is 13.1 Å². The summed E-state index contributed by atoms with van der Waals surface area (Å²) in [5.41, 5.74) is 0. The molecule has 2 rings (SSSR count). The molecule has 1 fully saturated rings. The minimum Gasteiger partial charge on any atom is -0.433 e. The molecule has 1 aromatic carbocycles. The van der Waals surface area contributed by atoms with Gasteiger partial charge in [0.05, 0.1) is 22.6 Å². The highest BCUT2D eigenvalue weighted by molar-refractivity contribution is 7.89. The molecule has 0 N–H and O–H groups in total. The van der Waals surface area contributed by atoms with Crippen molar-refractivity contribution in [1.82, 2.24) is 4.31 Å². The molecule has 1 heterocycles. The summed E-state index contributed by atoms with van der Waals surface area (Å²) in [7, 11) is -3.79. The Morgan fingerprint density at radius 3 is 2.68 bits per heavy atom. The Kier molecular flexibility index (Phi) is 5.26. The SMILES string of the molecule is CC1CN(S(=O)(=O)c2ccc(OC(F)F)c(Cl)c2)C(C)CO1. The third-order valence-corrected chi connectivity index (χ3v) is 5.55. The first-order valence-electron chi connectivity index (χ1n) is 6.59. The summed E-state index contributed by atoms with van der Waals surface area (Å²) in [6.45, 7) is 0.997. The second-order valence-corrected chi connectivity index (χ2v) is 7.34. The average Bonchev–Trinajstić information content (AvgIpc) is 2.43. The van der Waals surface area contributed by atoms with Crippen LogP contribution in [0.15, 0.2) is 23.1 Å². The number of rotatable bonds is 4. The average molecular weight is 356 g/mol. The Morgan fingerprint density at radius 2 is 2.09 bits per heavy atom. The molecule has 1 aromatic rings. The van der Waals surface area contributed by atoms with Crippen LogP contribution >= 0.6 is 11.6 Å². The van der Waals surface area contributed by atoms with Crippen molar-refractivity contribution < 1.29 is 26.7 Å². The molecule has 0 aliphatic carbocycles. The predicted octanol–water partition coefficient (Wildman–Crippen LogP) is 2.74. The van der Waals surface area contributed by atoms with E-state index in [0.717, 1.165) is 12.1 Å². The topological polar surface area (TPSA) is 55.8 Å². The first kappa shape index (κ1) is 17.4. The number of sulfonamides is 1. The van der Waals surface area contributed by atoms with Crippen LogP contribution in [-0.4, -0.2) is 44.6 Å². The van der Waals surface area contributed by atoms with Crippen LogP contribution in [0.5, 0.6) is 5.75 Å². The van der Waals surface area contributed by atoms with Gasteiger partial charge in [0.15, 0.2) is 0 Å². The van der Waals surface area contributed by atoms with Gasteiger partial charge in [0, 0.05) is 12.6 Å². The fourth-order valence-electron chi connectivity index (χ4n) is 2.18. The lowest BCUT2D eigenvalue weighted by Gasteiger charge is -2.35. The normalized spacial score (nSPS) is 23.7. The molecule has 5 nitrogen and oxygen atoms in total. The Hall–Kier alpha value is -0.960. The van der Waals surface area contributed by atoms with Gasteiger partial charge < -0.3 is 9.47 Å². The van der Waals surface area contributed by atoms with E-state index in [4.69, 9.17) is 16.3 Å². The number of nitrogens with zero attached hydrogens (tertiary/aromatic N) is 1. The summed E-state index contributed by atoms with van der Waals surface area (Å²) in [4.78, 5) is -0.0694. The molecule has 1 aliphatic rings. The molecular weight excluding hydrogens is 340 g/mol. The fraction of sp³-hybridized carbons (Fsp3) is 0.538. The number of alkyl halides is 2. The molecule has 0 bridgehead atoms. The molecule has 0 amide bonds. The number of morpholine rings is 1. The first-order valence-corrected chi connectivity index (χ1v) is 8.41. The molecule has 0 aromatic heterocycles. The molecule has 0 spiro atoms. The second-order valence-electron chi connectivity index (χ2n) is 5.04. The number of hydrogen-bond donors (Lipinski definition) is 0. The van der Waals surface area contributed by atoms with E-state index >= 15 is 0 Å². The van der Waals surface area contributed by atoms with Gasteiger partial charge in [-0.1, -0.05) is 11.6 Å². The molecule has 0 radical (unpaired) electrons. The molecule has 1 aliphatic heterocycles. The Labute approximate surface area is 132 Å². The van der Waals surface area contributed by atoms with Gasteiger partial charge in [0.2, 0.25) is 10.0 Å². The number of halogens is 3. The van der Waals surface area contributed by atoms with Crippen LogP contribution in [0, 0.1) is 0 Å². The lowest BCUT2D eigenvalue weighted by molar-refractivity contribution is -0.0498. The Morgan fingerprint density at radius 1 is 1.41 bits per heavy atom. The van der Waals surface area contributed by atoms with Crippen LogP contribution in [-0.2, 0) is 14.8 Å². The quantitative estimate of drug-likeness (QED) is 0.833. The van der Waals surface area contributed by atoms with Crippen molar-refractivity contribution in [3.05, 3.63) is 23.2 Å². The monoisotopic (exact) mass is 355 g/mol. The van der Waals surface area contributed by atoms with Crippen LogP contribution in [0.25, 0.3) is 0 Å². The number of benzene rings is 1. The first-order chi connectivity index (χ1) is 10.2. The maximum atomic E-state index is 12.7. The third-order valence-electron chi connectivity index (χ3n) is 3.28. The number of hydrogen-bond acceptors (Lipinski definition) is 4. The minimum absolute atomic E-state index is 0.0694. The van der Waals surface area contributed by atoms with Crippen molar-refractivity contribution in [3.63, 3.8) is 0 Å². The van der Waals surface area contributed by atoms with Crippen LogP contribution in [0.4, 0.5) is 8.78 Å². The van der Waals surface area contributed by atoms with Crippen molar-refractivity contribution in [2.75, 3.05) is 13.2 Å². The van der Waals surface area contributed by atoms with E-state index in [1.807, 2.05) is 0 Å². The van der Waals surface area contributed by atoms with Crippen LogP contribution in [0.1, 0.15) is 13.8 Å². The van der Waals surface area contributed by atoms with E-state index in [1.54, 1.807) is 13.8 Å². The molecule has 0 saturated carbocycles. The summed E-state index contributed by atoms with van der Waals surface area (Å²) in [6.07, 6.45) is -0.220. The highest BCUT2D eigenvalue weighted by Gasteiger charge is 2.34. The Bertz CT molecular complexity index is 641. The predicted molar refractivity (Wildman–Crippen MR) is 76.9 cm³/mol. The molecule has 1 saturated heterocycles. The van der Waals surface area contributed by atoms with Gasteiger partial charge >= 0.3 is 6.61 Å². The highest BCUT2D eigenvalue weighted by atomic mass is 35.5. The van der Waals surface area contributed by atoms with Gasteiger partial charge in [0.1, 0.15) is 5.75 Å². The molecular formula is C13H16ClF2NO4S. The summed E-state index contributed by atoms with van der Waals surface area (Å²) in [6, 6.07) is 3.11. The lowest BCUT2D eigenvalue weighted by Crippen LogP contribution is -2.50. The van der Waals surface area contributed by atoms with Gasteiger partial charge in [-0.05, 0) is 32.0 Å². The largest absolute Gasteiger partial charge is 0.433 e. The highest BCUT2D eigenvalue weighted by Crippen LogP contribution is 2.31. The zero-order chi connectivity index (χ0) is 16.5. The summed E-state index contributed by atoms with van der Waals surface area (Å²) < 4.78 is 60.6. The maximum absolute atomic E-state index is 12.7. The van der Waals surface area contributed by atoms with Crippen molar-refractivity contribution in [2.24, 2.45) is 0 Å². The molecule has 2 atom stereocenters. The van der Waals surface area contributed by atoms with Crippen molar-refractivity contribution in [3.8, 4) is 5.75 Å². The fourth-order valence-corrected chi connectivity index (χ4v) is 4.18. The molecule has 124 valence electrons. The third kappa shape index (κ3) is 3.68. The summed E-state index contributed by atoms with van der Waals surface area (Å²) >= 11 is 5.82. The van der Waals surface area contributed by atoms with E-state index in [0.29, 0.717) is 6.61 Å². The van der Waals surface area contributed by atoms with Crippen LogP contribution in [0.2, 0.25) is 5.02 Å². The zero-order valence-corrected chi connectivity index (χ0v) is 13.6. The number of ether oxygens (including phenoxy) is 2. The van der Waals surface area contributed by atoms with Crippen molar-refractivity contribution >= 4 is 21.6 Å². The van der Waals surface area contributed by atoms with Gasteiger partial charge in [-0.25, -0.2) is 8.42 Å². The minimum atomic E-state index is -3.79. The van der Waals surface area contributed by atoms with E-state index in [-0.39, 0.29) is 34.4 Å². The Balaban J connectivity index is 2.31. The molecule has 9 heteroatoms. The summed E-state index contributed by atoms with van der Waals surface area (Å²) in [5, 5.41) is -0.185.